The molecule has 3 amide bonds. The minimum atomic E-state index is -0.703. The first kappa shape index (κ1) is 21.2. The highest BCUT2D eigenvalue weighted by atomic mass is 16.5. The summed E-state index contributed by atoms with van der Waals surface area (Å²) in [5, 5.41) is 2.79. The summed E-state index contributed by atoms with van der Waals surface area (Å²) in [4.78, 5) is 49.3. The van der Waals surface area contributed by atoms with Crippen LogP contribution in [0.2, 0.25) is 0 Å². The van der Waals surface area contributed by atoms with Crippen molar-refractivity contribution >= 4 is 29.4 Å². The van der Waals surface area contributed by atoms with E-state index in [0.29, 0.717) is 5.69 Å². The summed E-state index contributed by atoms with van der Waals surface area (Å²) in [5.41, 5.74) is 2.66. The van der Waals surface area contributed by atoms with E-state index in [-0.39, 0.29) is 36.3 Å². The van der Waals surface area contributed by atoms with Crippen LogP contribution in [0.3, 0.4) is 0 Å². The summed E-state index contributed by atoms with van der Waals surface area (Å²) >= 11 is 0. The van der Waals surface area contributed by atoms with E-state index in [2.05, 4.69) is 12.2 Å². The predicted molar refractivity (Wildman–Crippen MR) is 111 cm³/mol. The van der Waals surface area contributed by atoms with Gasteiger partial charge >= 0.3 is 5.97 Å². The monoisotopic (exact) mass is 408 g/mol. The van der Waals surface area contributed by atoms with Crippen LogP contribution in [0.5, 0.6) is 0 Å². The van der Waals surface area contributed by atoms with E-state index in [1.807, 2.05) is 31.2 Å². The van der Waals surface area contributed by atoms with E-state index in [1.54, 1.807) is 12.1 Å². The van der Waals surface area contributed by atoms with Crippen LogP contribution < -0.4 is 10.2 Å². The number of carbonyl (C=O) groups excluding carboxylic acids is 4. The zero-order chi connectivity index (χ0) is 21.7. The Labute approximate surface area is 175 Å². The van der Waals surface area contributed by atoms with Gasteiger partial charge in [-0.3, -0.25) is 19.3 Å². The van der Waals surface area contributed by atoms with Crippen molar-refractivity contribution in [3.8, 4) is 0 Å². The van der Waals surface area contributed by atoms with Crippen LogP contribution in [0.1, 0.15) is 54.2 Å². The fraction of sp³-hybridized carbons (Fsp3) is 0.304. The number of aryl methyl sites for hydroxylation is 1. The number of nitrogens with zero attached hydrogens (tertiary/aromatic N) is 1. The Kier molecular flexibility index (Phi) is 6.61. The Bertz CT molecular complexity index is 952. The molecule has 0 saturated carbocycles. The molecule has 1 N–H and O–H groups in total. The first-order chi connectivity index (χ1) is 14.4. The summed E-state index contributed by atoms with van der Waals surface area (Å²) in [7, 11) is 0. The summed E-state index contributed by atoms with van der Waals surface area (Å²) in [6.45, 7) is 3.50. The molecule has 0 spiro atoms. The van der Waals surface area contributed by atoms with Crippen molar-refractivity contribution in [2.24, 2.45) is 0 Å². The molecule has 1 atom stereocenters. The van der Waals surface area contributed by atoms with Gasteiger partial charge < -0.3 is 10.1 Å². The highest BCUT2D eigenvalue weighted by molar-refractivity contribution is 6.20. The van der Waals surface area contributed by atoms with Gasteiger partial charge in [-0.05, 0) is 42.7 Å². The average molecular weight is 408 g/mol. The highest BCUT2D eigenvalue weighted by Crippen LogP contribution is 2.23. The number of benzene rings is 2. The van der Waals surface area contributed by atoms with Crippen LogP contribution in [0, 0.1) is 0 Å². The Morgan fingerprint density at radius 1 is 1.07 bits per heavy atom. The molecule has 1 heterocycles. The number of carbonyl (C=O) groups is 4. The van der Waals surface area contributed by atoms with Crippen LogP contribution in [-0.4, -0.2) is 30.3 Å². The third-order valence-corrected chi connectivity index (χ3v) is 4.99. The standard InChI is InChI=1S/C23H24N2O5/c1-3-16-7-9-17(10-8-16)15(2)24-20(26)14-30-23(29)18-5-4-6-19(13-18)25-21(27)11-12-22(25)28/h4-10,13,15H,3,11-12,14H2,1-2H3,(H,24,26)/t15-/m1/s1. The number of anilines is 1. The second kappa shape index (κ2) is 9.35. The van der Waals surface area contributed by atoms with E-state index in [1.165, 1.54) is 17.7 Å². The van der Waals surface area contributed by atoms with Crippen molar-refractivity contribution in [2.45, 2.75) is 39.2 Å². The summed E-state index contributed by atoms with van der Waals surface area (Å²) in [6.07, 6.45) is 1.26. The van der Waals surface area contributed by atoms with Gasteiger partial charge in [0, 0.05) is 12.8 Å². The molecule has 0 aromatic heterocycles. The largest absolute Gasteiger partial charge is 0.452 e. The number of rotatable bonds is 7. The molecule has 156 valence electrons. The van der Waals surface area contributed by atoms with Crippen molar-refractivity contribution in [2.75, 3.05) is 11.5 Å². The first-order valence-electron chi connectivity index (χ1n) is 9.90. The van der Waals surface area contributed by atoms with Crippen molar-refractivity contribution in [3.63, 3.8) is 0 Å². The molecule has 1 saturated heterocycles. The van der Waals surface area contributed by atoms with Gasteiger partial charge in [-0.2, -0.15) is 0 Å². The molecule has 2 aromatic rings. The molecule has 1 aliphatic heterocycles. The van der Waals surface area contributed by atoms with E-state index in [9.17, 15) is 19.2 Å². The number of hydrogen-bond donors (Lipinski definition) is 1. The van der Waals surface area contributed by atoms with Gasteiger partial charge in [-0.1, -0.05) is 37.3 Å². The molecule has 0 radical (unpaired) electrons. The minimum Gasteiger partial charge on any atom is -0.452 e. The molecule has 3 rings (SSSR count). The van der Waals surface area contributed by atoms with Gasteiger partial charge in [0.15, 0.2) is 6.61 Å². The number of ether oxygens (including phenoxy) is 1. The normalized spacial score (nSPS) is 14.5. The Morgan fingerprint density at radius 3 is 2.37 bits per heavy atom. The lowest BCUT2D eigenvalue weighted by Crippen LogP contribution is -2.31. The van der Waals surface area contributed by atoms with Crippen molar-refractivity contribution in [1.82, 2.24) is 5.32 Å². The lowest BCUT2D eigenvalue weighted by molar-refractivity contribution is -0.125. The molecular weight excluding hydrogens is 384 g/mol. The van der Waals surface area contributed by atoms with Gasteiger partial charge in [-0.15, -0.1) is 0 Å². The molecule has 0 bridgehead atoms. The van der Waals surface area contributed by atoms with Crippen molar-refractivity contribution < 1.29 is 23.9 Å². The van der Waals surface area contributed by atoms with Gasteiger partial charge in [0.25, 0.3) is 5.91 Å². The van der Waals surface area contributed by atoms with Gasteiger partial charge in [0.2, 0.25) is 11.8 Å². The predicted octanol–water partition coefficient (Wildman–Crippen LogP) is 2.94. The van der Waals surface area contributed by atoms with Crippen LogP contribution in [-0.2, 0) is 25.5 Å². The fourth-order valence-corrected chi connectivity index (χ4v) is 3.26. The quantitative estimate of drug-likeness (QED) is 0.562. The molecule has 2 aromatic carbocycles. The van der Waals surface area contributed by atoms with Crippen LogP contribution in [0.4, 0.5) is 5.69 Å². The minimum absolute atomic E-state index is 0.160. The number of hydrogen-bond acceptors (Lipinski definition) is 5. The maximum Gasteiger partial charge on any atom is 0.338 e. The van der Waals surface area contributed by atoms with Gasteiger partial charge in [0.1, 0.15) is 0 Å². The molecular formula is C23H24N2O5. The van der Waals surface area contributed by atoms with Gasteiger partial charge in [0.05, 0.1) is 17.3 Å². The molecule has 1 aliphatic rings. The first-order valence-corrected chi connectivity index (χ1v) is 9.90. The molecule has 7 heteroatoms. The summed E-state index contributed by atoms with van der Waals surface area (Å²) in [5.74, 6) is -1.72. The molecule has 7 nitrogen and oxygen atoms in total. The number of imide groups is 1. The second-order valence-electron chi connectivity index (χ2n) is 7.13. The zero-order valence-electron chi connectivity index (χ0n) is 17.0. The topological polar surface area (TPSA) is 92.8 Å². The molecule has 1 fully saturated rings. The van der Waals surface area contributed by atoms with Gasteiger partial charge in [-0.25, -0.2) is 4.79 Å². The smallest absolute Gasteiger partial charge is 0.338 e. The lowest BCUT2D eigenvalue weighted by Gasteiger charge is -2.16. The summed E-state index contributed by atoms with van der Waals surface area (Å²) < 4.78 is 5.10. The van der Waals surface area contributed by atoms with E-state index < -0.39 is 18.5 Å². The van der Waals surface area contributed by atoms with Crippen molar-refractivity contribution in [1.29, 1.82) is 0 Å². The van der Waals surface area contributed by atoms with Crippen LogP contribution in [0.15, 0.2) is 48.5 Å². The summed E-state index contributed by atoms with van der Waals surface area (Å²) in [6, 6.07) is 13.8. The van der Waals surface area contributed by atoms with Crippen molar-refractivity contribution in [3.05, 3.63) is 65.2 Å². The second-order valence-corrected chi connectivity index (χ2v) is 7.13. The fourth-order valence-electron chi connectivity index (χ4n) is 3.26. The number of nitrogens with one attached hydrogen (secondary N) is 1. The lowest BCUT2D eigenvalue weighted by atomic mass is 10.1. The Hall–Kier alpha value is -3.48. The molecule has 0 aliphatic carbocycles. The zero-order valence-corrected chi connectivity index (χ0v) is 17.0. The number of esters is 1. The third kappa shape index (κ3) is 4.92. The van der Waals surface area contributed by atoms with E-state index in [4.69, 9.17) is 4.74 Å². The Balaban J connectivity index is 1.56. The SMILES string of the molecule is CCc1ccc([C@@H](C)NC(=O)COC(=O)c2cccc(N3C(=O)CCC3=O)c2)cc1. The van der Waals surface area contributed by atoms with E-state index in [0.717, 1.165) is 16.9 Å². The molecule has 30 heavy (non-hydrogen) atoms. The maximum atomic E-state index is 12.3. The third-order valence-electron chi connectivity index (χ3n) is 4.99. The maximum absolute atomic E-state index is 12.3. The van der Waals surface area contributed by atoms with Crippen LogP contribution in [0.25, 0.3) is 0 Å². The average Bonchev–Trinajstić information content (AvgIpc) is 3.10. The van der Waals surface area contributed by atoms with Crippen LogP contribution >= 0.6 is 0 Å². The highest BCUT2D eigenvalue weighted by Gasteiger charge is 2.30. The molecule has 0 unspecified atom stereocenters. The number of amides is 3. The van der Waals surface area contributed by atoms with E-state index >= 15 is 0 Å². The Morgan fingerprint density at radius 2 is 1.73 bits per heavy atom.